The van der Waals surface area contributed by atoms with Crippen molar-refractivity contribution in [2.75, 3.05) is 0 Å². The number of carbonyl (C=O) groups is 1. The van der Waals surface area contributed by atoms with E-state index in [1.54, 1.807) is 0 Å². The molecule has 2 aliphatic heterocycles. The standard InChI is InChI=1S/C20H18O3/c21-18-19(16(22-19)14-8-3-1-4-9-14)12-7-13-20(18)17(23-20)15-10-5-2-6-11-15/h1-6,8-11,16-17H,7,12-13H2/t16-,17+,19-,20+. The van der Waals surface area contributed by atoms with Crippen LogP contribution in [0.4, 0.5) is 0 Å². The fourth-order valence-electron chi connectivity index (χ4n) is 4.21. The largest absolute Gasteiger partial charge is 0.353 e. The lowest BCUT2D eigenvalue weighted by atomic mass is 9.74. The summed E-state index contributed by atoms with van der Waals surface area (Å²) in [5.74, 6) is 0.152. The van der Waals surface area contributed by atoms with E-state index in [-0.39, 0.29) is 18.0 Å². The summed E-state index contributed by atoms with van der Waals surface area (Å²) in [5.41, 5.74) is 0.885. The van der Waals surface area contributed by atoms with Crippen molar-refractivity contribution in [1.82, 2.24) is 0 Å². The smallest absolute Gasteiger partial charge is 0.202 e. The third kappa shape index (κ3) is 1.81. The fraction of sp³-hybridized carbons (Fsp3) is 0.350. The summed E-state index contributed by atoms with van der Waals surface area (Å²) in [6.07, 6.45) is 2.37. The zero-order valence-electron chi connectivity index (χ0n) is 12.8. The maximum Gasteiger partial charge on any atom is 0.202 e. The number of Topliss-reactive ketones (excluding diaryl/α,β-unsaturated/α-hetero) is 1. The number of benzene rings is 2. The molecule has 0 aromatic heterocycles. The molecule has 5 rings (SSSR count). The second-order valence-electron chi connectivity index (χ2n) is 6.78. The van der Waals surface area contributed by atoms with E-state index in [1.165, 1.54) is 0 Å². The molecule has 2 saturated heterocycles. The van der Waals surface area contributed by atoms with Crippen molar-refractivity contribution in [1.29, 1.82) is 0 Å². The molecule has 3 heteroatoms. The van der Waals surface area contributed by atoms with Gasteiger partial charge in [0.2, 0.25) is 5.78 Å². The summed E-state index contributed by atoms with van der Waals surface area (Å²) in [7, 11) is 0. The van der Waals surface area contributed by atoms with Crippen LogP contribution in [0.1, 0.15) is 42.6 Å². The molecule has 2 heterocycles. The van der Waals surface area contributed by atoms with Gasteiger partial charge in [-0.25, -0.2) is 0 Å². The lowest BCUT2D eigenvalue weighted by molar-refractivity contribution is -0.132. The van der Waals surface area contributed by atoms with Crippen molar-refractivity contribution in [3.63, 3.8) is 0 Å². The Labute approximate surface area is 135 Å². The van der Waals surface area contributed by atoms with Gasteiger partial charge in [-0.05, 0) is 30.4 Å². The molecular formula is C20H18O3. The number of hydrogen-bond donors (Lipinski definition) is 0. The van der Waals surface area contributed by atoms with Crippen LogP contribution in [-0.2, 0) is 14.3 Å². The van der Waals surface area contributed by atoms with Gasteiger partial charge in [0.25, 0.3) is 0 Å². The second-order valence-corrected chi connectivity index (χ2v) is 6.78. The molecule has 116 valence electrons. The van der Waals surface area contributed by atoms with Crippen molar-refractivity contribution < 1.29 is 14.3 Å². The zero-order valence-corrected chi connectivity index (χ0v) is 12.8. The highest BCUT2D eigenvalue weighted by Crippen LogP contribution is 2.65. The maximum atomic E-state index is 13.2. The number of epoxide rings is 2. The van der Waals surface area contributed by atoms with Gasteiger partial charge < -0.3 is 9.47 Å². The Morgan fingerprint density at radius 2 is 1.17 bits per heavy atom. The van der Waals surface area contributed by atoms with E-state index in [4.69, 9.17) is 9.47 Å². The number of ether oxygens (including phenoxy) is 2. The quantitative estimate of drug-likeness (QED) is 0.793. The van der Waals surface area contributed by atoms with Crippen LogP contribution in [0.25, 0.3) is 0 Å². The molecule has 0 N–H and O–H groups in total. The molecule has 3 aliphatic rings. The van der Waals surface area contributed by atoms with Crippen molar-refractivity contribution >= 4 is 5.78 Å². The molecule has 1 saturated carbocycles. The minimum absolute atomic E-state index is 0.103. The highest BCUT2D eigenvalue weighted by atomic mass is 16.6. The number of rotatable bonds is 2. The minimum Gasteiger partial charge on any atom is -0.353 e. The van der Waals surface area contributed by atoms with Crippen LogP contribution in [0.15, 0.2) is 60.7 Å². The van der Waals surface area contributed by atoms with Gasteiger partial charge in [-0.2, -0.15) is 0 Å². The van der Waals surface area contributed by atoms with Crippen molar-refractivity contribution in [2.24, 2.45) is 0 Å². The molecular weight excluding hydrogens is 288 g/mol. The van der Waals surface area contributed by atoms with E-state index in [1.807, 2.05) is 60.7 Å². The maximum absolute atomic E-state index is 13.2. The van der Waals surface area contributed by atoms with Crippen LogP contribution in [0, 0.1) is 0 Å². The van der Waals surface area contributed by atoms with E-state index in [0.29, 0.717) is 0 Å². The normalized spacial score (nSPS) is 38.0. The Morgan fingerprint density at radius 1 is 0.739 bits per heavy atom. The first-order chi connectivity index (χ1) is 11.3. The molecule has 0 unspecified atom stereocenters. The van der Waals surface area contributed by atoms with Gasteiger partial charge in [0.05, 0.1) is 0 Å². The number of carbonyl (C=O) groups excluding carboxylic acids is 1. The molecule has 0 radical (unpaired) electrons. The summed E-state index contributed by atoms with van der Waals surface area (Å²) in [5, 5.41) is 0. The second kappa shape index (κ2) is 4.53. The van der Waals surface area contributed by atoms with E-state index < -0.39 is 11.2 Å². The first kappa shape index (κ1) is 13.5. The Balaban J connectivity index is 1.44. The molecule has 3 fully saturated rings. The van der Waals surface area contributed by atoms with E-state index in [2.05, 4.69) is 0 Å². The average Bonchev–Trinajstić information content (AvgIpc) is 3.50. The minimum atomic E-state index is -0.650. The summed E-state index contributed by atoms with van der Waals surface area (Å²) >= 11 is 0. The predicted molar refractivity (Wildman–Crippen MR) is 84.9 cm³/mol. The van der Waals surface area contributed by atoms with Gasteiger partial charge in [0.1, 0.15) is 12.2 Å². The molecule has 4 atom stereocenters. The topological polar surface area (TPSA) is 42.1 Å². The Bertz CT molecular complexity index is 693. The van der Waals surface area contributed by atoms with Gasteiger partial charge in [-0.15, -0.1) is 0 Å². The molecule has 2 aromatic rings. The molecule has 23 heavy (non-hydrogen) atoms. The molecule has 0 amide bonds. The van der Waals surface area contributed by atoms with Crippen LogP contribution in [0.3, 0.4) is 0 Å². The van der Waals surface area contributed by atoms with Gasteiger partial charge in [0.15, 0.2) is 11.2 Å². The monoisotopic (exact) mass is 306 g/mol. The van der Waals surface area contributed by atoms with Crippen molar-refractivity contribution in [2.45, 2.75) is 42.7 Å². The molecule has 3 nitrogen and oxygen atoms in total. The molecule has 2 aromatic carbocycles. The summed E-state index contributed by atoms with van der Waals surface area (Å²) in [6, 6.07) is 20.1. The van der Waals surface area contributed by atoms with Gasteiger partial charge in [-0.3, -0.25) is 4.79 Å². The van der Waals surface area contributed by atoms with Gasteiger partial charge >= 0.3 is 0 Å². The van der Waals surface area contributed by atoms with Gasteiger partial charge in [-0.1, -0.05) is 60.7 Å². The first-order valence-corrected chi connectivity index (χ1v) is 8.27. The van der Waals surface area contributed by atoms with Crippen molar-refractivity contribution in [3.05, 3.63) is 71.8 Å². The lowest BCUT2D eigenvalue weighted by Crippen LogP contribution is -2.43. The number of hydrogen-bond acceptors (Lipinski definition) is 3. The van der Waals surface area contributed by atoms with Crippen LogP contribution >= 0.6 is 0 Å². The highest BCUT2D eigenvalue weighted by Gasteiger charge is 2.76. The predicted octanol–water partition coefficient (Wildman–Crippen LogP) is 3.76. The summed E-state index contributed by atoms with van der Waals surface area (Å²) in [4.78, 5) is 13.2. The zero-order chi connectivity index (χ0) is 15.5. The molecule has 2 spiro atoms. The van der Waals surface area contributed by atoms with E-state index in [0.717, 1.165) is 30.4 Å². The van der Waals surface area contributed by atoms with Crippen LogP contribution in [0.2, 0.25) is 0 Å². The Morgan fingerprint density at radius 3 is 1.61 bits per heavy atom. The van der Waals surface area contributed by atoms with Gasteiger partial charge in [0, 0.05) is 0 Å². The average molecular weight is 306 g/mol. The fourth-order valence-corrected chi connectivity index (χ4v) is 4.21. The summed E-state index contributed by atoms with van der Waals surface area (Å²) in [6.45, 7) is 0. The SMILES string of the molecule is O=C1[C@]2(CCC[C@@]13O[C@H]3c1ccccc1)O[C@@H]2c1ccccc1. The Hall–Kier alpha value is -1.97. The van der Waals surface area contributed by atoms with Crippen molar-refractivity contribution in [3.8, 4) is 0 Å². The number of ketones is 1. The third-order valence-electron chi connectivity index (χ3n) is 5.46. The van der Waals surface area contributed by atoms with E-state index in [9.17, 15) is 4.79 Å². The first-order valence-electron chi connectivity index (χ1n) is 8.27. The molecule has 1 aliphatic carbocycles. The lowest BCUT2D eigenvalue weighted by Gasteiger charge is -2.24. The van der Waals surface area contributed by atoms with E-state index >= 15 is 0 Å². The molecule has 0 bridgehead atoms. The van der Waals surface area contributed by atoms with Crippen LogP contribution in [-0.4, -0.2) is 17.0 Å². The highest BCUT2D eigenvalue weighted by molar-refractivity contribution is 6.01. The Kier molecular flexibility index (Phi) is 2.65. The summed E-state index contributed by atoms with van der Waals surface area (Å²) < 4.78 is 11.9. The van der Waals surface area contributed by atoms with Crippen LogP contribution < -0.4 is 0 Å². The van der Waals surface area contributed by atoms with Crippen LogP contribution in [0.5, 0.6) is 0 Å². The third-order valence-corrected chi connectivity index (χ3v) is 5.46.